The molecule has 0 aliphatic rings. The fraction of sp³-hybridized carbons (Fsp3) is 0.250. The lowest BCUT2D eigenvalue weighted by Crippen LogP contribution is -2.14. The number of nitroso groups, excluding NO2 is 1. The number of nitrogens with zero attached hydrogens (tertiary/aromatic N) is 1. The van der Waals surface area contributed by atoms with E-state index >= 15 is 0 Å². The van der Waals surface area contributed by atoms with Crippen molar-refractivity contribution >= 4 is 46.7 Å². The molecule has 0 saturated carbocycles. The van der Waals surface area contributed by atoms with Crippen molar-refractivity contribution in [2.45, 2.75) is 26.2 Å². The van der Waals surface area contributed by atoms with E-state index in [0.717, 1.165) is 32.3 Å². The van der Waals surface area contributed by atoms with Gasteiger partial charge in [0.05, 0.1) is 7.11 Å². The minimum Gasteiger partial charge on any atom is -0.496 e. The summed E-state index contributed by atoms with van der Waals surface area (Å²) in [5.74, 6) is 0.822. The van der Waals surface area contributed by atoms with Crippen molar-refractivity contribution in [3.05, 3.63) is 61.1 Å². The Kier molecular flexibility index (Phi) is 6.11. The molecule has 2 aromatic carbocycles. The first-order chi connectivity index (χ1) is 11.8. The summed E-state index contributed by atoms with van der Waals surface area (Å²) >= 11 is 2.29. The van der Waals surface area contributed by atoms with Gasteiger partial charge in [0.1, 0.15) is 11.4 Å². The van der Waals surface area contributed by atoms with Gasteiger partial charge in [-0.05, 0) is 63.0 Å². The summed E-state index contributed by atoms with van der Waals surface area (Å²) in [5.41, 5.74) is 3.39. The summed E-state index contributed by atoms with van der Waals surface area (Å²) < 4.78 is 6.77. The average Bonchev–Trinajstić information content (AvgIpc) is 2.58. The van der Waals surface area contributed by atoms with E-state index < -0.39 is 0 Å². The van der Waals surface area contributed by atoms with Crippen LogP contribution in [-0.4, -0.2) is 13.4 Å². The van der Waals surface area contributed by atoms with Crippen LogP contribution in [0, 0.1) is 8.48 Å². The summed E-state index contributed by atoms with van der Waals surface area (Å²) in [6.45, 7) is 6.43. The lowest BCUT2D eigenvalue weighted by atomic mass is 9.85. The van der Waals surface area contributed by atoms with E-state index in [4.69, 9.17) is 4.74 Å². The lowest BCUT2D eigenvalue weighted by molar-refractivity contribution is 0.112. The van der Waals surface area contributed by atoms with Gasteiger partial charge in [0.15, 0.2) is 6.29 Å². The van der Waals surface area contributed by atoms with Gasteiger partial charge in [-0.1, -0.05) is 39.0 Å². The van der Waals surface area contributed by atoms with Gasteiger partial charge in [0.2, 0.25) is 0 Å². The highest BCUT2D eigenvalue weighted by molar-refractivity contribution is 14.1. The first kappa shape index (κ1) is 19.3. The van der Waals surface area contributed by atoms with E-state index in [0.29, 0.717) is 5.56 Å². The van der Waals surface area contributed by atoms with Crippen LogP contribution >= 0.6 is 22.6 Å². The quantitative estimate of drug-likeness (QED) is 0.244. The summed E-state index contributed by atoms with van der Waals surface area (Å²) in [6, 6.07) is 8.94. The van der Waals surface area contributed by atoms with E-state index in [1.54, 1.807) is 19.2 Å². The third kappa shape index (κ3) is 4.54. The third-order valence-corrected chi connectivity index (χ3v) is 4.46. The molecule has 0 aliphatic carbocycles. The Morgan fingerprint density at radius 2 is 1.72 bits per heavy atom. The Bertz CT molecular complexity index is 836. The van der Waals surface area contributed by atoms with Crippen molar-refractivity contribution in [2.75, 3.05) is 7.11 Å². The second-order valence-corrected chi connectivity index (χ2v) is 7.93. The molecule has 5 heteroatoms. The van der Waals surface area contributed by atoms with Gasteiger partial charge in [-0.15, -0.1) is 4.91 Å². The zero-order valence-corrected chi connectivity index (χ0v) is 16.8. The van der Waals surface area contributed by atoms with Crippen molar-refractivity contribution in [1.29, 1.82) is 0 Å². The Hall–Kier alpha value is -2.02. The predicted octanol–water partition coefficient (Wildman–Crippen LogP) is 5.98. The van der Waals surface area contributed by atoms with E-state index in [1.165, 1.54) is 6.07 Å². The van der Waals surface area contributed by atoms with Crippen LogP contribution in [0.1, 0.15) is 47.8 Å². The fourth-order valence-corrected chi connectivity index (χ4v) is 3.22. The third-order valence-electron chi connectivity index (χ3n) is 3.84. The summed E-state index contributed by atoms with van der Waals surface area (Å²) in [5, 5.41) is 2.86. The number of carbonyl (C=O) groups excluding carboxylic acids is 1. The SMILES string of the molecule is COc1c(/C=C/c2ccc(N=O)cc2C=O)cc(I)cc1C(C)(C)C. The molecule has 0 aliphatic heterocycles. The number of ether oxygens (including phenoxy) is 1. The number of carbonyl (C=O) groups is 1. The summed E-state index contributed by atoms with van der Waals surface area (Å²) in [4.78, 5) is 21.9. The minimum absolute atomic E-state index is 0.0552. The van der Waals surface area contributed by atoms with Crippen LogP contribution in [-0.2, 0) is 5.41 Å². The van der Waals surface area contributed by atoms with Crippen LogP contribution in [0.5, 0.6) is 5.75 Å². The average molecular weight is 449 g/mol. The molecular formula is C20H20INO3. The Morgan fingerprint density at radius 3 is 2.28 bits per heavy atom. The number of hydrogen-bond acceptors (Lipinski definition) is 4. The van der Waals surface area contributed by atoms with Gasteiger partial charge in [-0.3, -0.25) is 4.79 Å². The van der Waals surface area contributed by atoms with Crippen LogP contribution in [0.4, 0.5) is 5.69 Å². The number of halogens is 1. The molecule has 0 atom stereocenters. The molecule has 0 heterocycles. The van der Waals surface area contributed by atoms with Gasteiger partial charge in [0, 0.05) is 20.3 Å². The zero-order chi connectivity index (χ0) is 18.6. The maximum absolute atomic E-state index is 11.3. The first-order valence-electron chi connectivity index (χ1n) is 7.79. The standard InChI is InChI=1S/C20H20INO3/c1-20(2,3)18-11-16(21)9-14(19(18)25-4)6-5-13-7-8-17(22-24)10-15(13)12-23/h5-12H,1-4H3/b6-5+. The fourth-order valence-electron chi connectivity index (χ4n) is 2.58. The molecule has 2 rings (SSSR count). The van der Waals surface area contributed by atoms with Crippen LogP contribution < -0.4 is 4.74 Å². The molecule has 25 heavy (non-hydrogen) atoms. The highest BCUT2D eigenvalue weighted by atomic mass is 127. The van der Waals surface area contributed by atoms with Crippen LogP contribution in [0.2, 0.25) is 0 Å². The topological polar surface area (TPSA) is 55.7 Å². The number of methoxy groups -OCH3 is 1. The summed E-state index contributed by atoms with van der Waals surface area (Å²) in [6.07, 6.45) is 4.49. The van der Waals surface area contributed by atoms with Gasteiger partial charge in [-0.2, -0.15) is 0 Å². The molecule has 0 unspecified atom stereocenters. The zero-order valence-electron chi connectivity index (χ0n) is 14.7. The van der Waals surface area contributed by atoms with E-state index in [9.17, 15) is 9.70 Å². The molecule has 0 N–H and O–H groups in total. The first-order valence-corrected chi connectivity index (χ1v) is 8.86. The van der Waals surface area contributed by atoms with Crippen LogP contribution in [0.25, 0.3) is 12.2 Å². The largest absolute Gasteiger partial charge is 0.496 e. The molecule has 0 aromatic heterocycles. The molecule has 130 valence electrons. The minimum atomic E-state index is -0.0552. The maximum Gasteiger partial charge on any atom is 0.150 e. The number of benzene rings is 2. The molecule has 0 bridgehead atoms. The van der Waals surface area contributed by atoms with Crippen molar-refractivity contribution in [2.24, 2.45) is 5.18 Å². The Labute approximate surface area is 161 Å². The van der Waals surface area contributed by atoms with Gasteiger partial charge >= 0.3 is 0 Å². The normalized spacial score (nSPS) is 11.6. The second-order valence-electron chi connectivity index (χ2n) is 6.68. The van der Waals surface area contributed by atoms with Crippen molar-refractivity contribution in [1.82, 2.24) is 0 Å². The number of rotatable bonds is 5. The Morgan fingerprint density at radius 1 is 1.04 bits per heavy atom. The molecule has 0 radical (unpaired) electrons. The smallest absolute Gasteiger partial charge is 0.150 e. The van der Waals surface area contributed by atoms with Crippen LogP contribution in [0.15, 0.2) is 35.5 Å². The second kappa shape index (κ2) is 7.91. The molecule has 0 amide bonds. The van der Waals surface area contributed by atoms with E-state index in [2.05, 4.69) is 54.6 Å². The molecule has 4 nitrogen and oxygen atoms in total. The van der Waals surface area contributed by atoms with E-state index in [1.807, 2.05) is 18.2 Å². The Balaban J connectivity index is 2.53. The van der Waals surface area contributed by atoms with Crippen molar-refractivity contribution in [3.63, 3.8) is 0 Å². The number of hydrogen-bond donors (Lipinski definition) is 0. The molecule has 2 aromatic rings. The maximum atomic E-state index is 11.3. The van der Waals surface area contributed by atoms with Crippen LogP contribution in [0.3, 0.4) is 0 Å². The van der Waals surface area contributed by atoms with Gasteiger partial charge in [0.25, 0.3) is 0 Å². The molecular weight excluding hydrogens is 429 g/mol. The summed E-state index contributed by atoms with van der Waals surface area (Å²) in [7, 11) is 1.66. The number of aldehydes is 1. The highest BCUT2D eigenvalue weighted by Gasteiger charge is 2.21. The molecule has 0 spiro atoms. The lowest BCUT2D eigenvalue weighted by Gasteiger charge is -2.24. The molecule has 0 saturated heterocycles. The molecule has 0 fully saturated rings. The van der Waals surface area contributed by atoms with Gasteiger partial charge in [-0.25, -0.2) is 0 Å². The van der Waals surface area contributed by atoms with Crippen molar-refractivity contribution < 1.29 is 9.53 Å². The predicted molar refractivity (Wildman–Crippen MR) is 111 cm³/mol. The van der Waals surface area contributed by atoms with E-state index in [-0.39, 0.29) is 11.1 Å². The van der Waals surface area contributed by atoms with Crippen molar-refractivity contribution in [3.8, 4) is 5.75 Å². The monoisotopic (exact) mass is 449 g/mol. The highest BCUT2D eigenvalue weighted by Crippen LogP contribution is 2.36. The van der Waals surface area contributed by atoms with Gasteiger partial charge < -0.3 is 4.74 Å².